The van der Waals surface area contributed by atoms with Crippen LogP contribution in [-0.2, 0) is 5.41 Å². The third kappa shape index (κ3) is 5.27. The summed E-state index contributed by atoms with van der Waals surface area (Å²) in [6.45, 7) is 4.60. The molecule has 0 atom stereocenters. The van der Waals surface area contributed by atoms with Gasteiger partial charge in [-0.25, -0.2) is 15.0 Å². The van der Waals surface area contributed by atoms with Crippen molar-refractivity contribution in [3.63, 3.8) is 0 Å². The summed E-state index contributed by atoms with van der Waals surface area (Å²) < 4.78 is 15.7. The number of nitrogens with zero attached hydrogens (tertiary/aromatic N) is 4. The predicted octanol–water partition coefficient (Wildman–Crippen LogP) is 15.7. The Morgan fingerprint density at radius 1 is 0.364 bits per heavy atom. The van der Waals surface area contributed by atoms with Crippen molar-refractivity contribution < 1.29 is 8.83 Å². The highest BCUT2D eigenvalue weighted by atomic mass is 16.3. The second kappa shape index (κ2) is 13.7. The molecule has 1 aliphatic carbocycles. The summed E-state index contributed by atoms with van der Waals surface area (Å²) in [4.78, 5) is 15.7. The first-order valence-corrected chi connectivity index (χ1v) is 22.4. The first-order valence-electron chi connectivity index (χ1n) is 22.4. The maximum Gasteiger partial charge on any atom is 0.164 e. The number of hydrogen-bond donors (Lipinski definition) is 0. The van der Waals surface area contributed by atoms with Gasteiger partial charge in [-0.3, -0.25) is 0 Å². The van der Waals surface area contributed by atoms with Gasteiger partial charge in [0, 0.05) is 49.0 Å². The molecule has 13 aromatic rings. The van der Waals surface area contributed by atoms with Gasteiger partial charge in [0.15, 0.2) is 17.5 Å². The number of hydrogen-bond acceptors (Lipinski definition) is 5. The van der Waals surface area contributed by atoms with E-state index in [1.807, 2.05) is 30.3 Å². The number of aromatic nitrogens is 4. The minimum Gasteiger partial charge on any atom is -0.456 e. The van der Waals surface area contributed by atoms with E-state index in [9.17, 15) is 0 Å². The summed E-state index contributed by atoms with van der Waals surface area (Å²) in [7, 11) is 0. The lowest BCUT2D eigenvalue weighted by atomic mass is 9.82. The molecule has 4 aromatic heterocycles. The van der Waals surface area contributed by atoms with E-state index in [1.165, 1.54) is 33.0 Å². The molecule has 0 spiro atoms. The highest BCUT2D eigenvalue weighted by Crippen LogP contribution is 2.50. The van der Waals surface area contributed by atoms with Crippen molar-refractivity contribution >= 4 is 65.7 Å². The van der Waals surface area contributed by atoms with E-state index in [0.717, 1.165) is 88.4 Å². The molecule has 4 heterocycles. The van der Waals surface area contributed by atoms with Gasteiger partial charge in [-0.15, -0.1) is 0 Å². The number of rotatable bonds is 5. The Hall–Kier alpha value is -8.61. The van der Waals surface area contributed by atoms with Gasteiger partial charge >= 0.3 is 0 Å². The van der Waals surface area contributed by atoms with Gasteiger partial charge in [0.05, 0.1) is 22.1 Å². The lowest BCUT2D eigenvalue weighted by molar-refractivity contribution is 0.660. The fourth-order valence-corrected chi connectivity index (χ4v) is 10.8. The largest absolute Gasteiger partial charge is 0.456 e. The summed E-state index contributed by atoms with van der Waals surface area (Å²) in [5, 5.41) is 6.49. The van der Waals surface area contributed by atoms with E-state index < -0.39 is 0 Å². The molecule has 0 fully saturated rings. The van der Waals surface area contributed by atoms with Crippen molar-refractivity contribution in [1.82, 2.24) is 19.5 Å². The Bertz CT molecular complexity index is 4100. The molecule has 0 amide bonds. The maximum absolute atomic E-state index is 6.69. The average Bonchev–Trinajstić information content (AvgIpc) is 4.10. The fraction of sp³-hybridized carbons (Fsp3) is 0.0500. The van der Waals surface area contributed by atoms with Crippen LogP contribution < -0.4 is 0 Å². The van der Waals surface area contributed by atoms with Crippen molar-refractivity contribution in [1.29, 1.82) is 0 Å². The number of furan rings is 2. The average molecular weight is 847 g/mol. The molecule has 0 aliphatic heterocycles. The molecule has 9 aromatic carbocycles. The summed E-state index contributed by atoms with van der Waals surface area (Å²) in [5.74, 6) is 1.82. The van der Waals surface area contributed by atoms with Crippen molar-refractivity contribution in [2.24, 2.45) is 0 Å². The third-order valence-corrected chi connectivity index (χ3v) is 13.9. The molecule has 0 unspecified atom stereocenters. The van der Waals surface area contributed by atoms with Crippen LogP contribution in [0.4, 0.5) is 0 Å². The standard InChI is InChI=1S/C60H38N4O2/c1-60(2)45-22-9-6-17-39(45)40-31-29-37(34-46(40)60)58-61-57(35-15-4-3-5-16-35)62-59(63-58)43-21-13-26-51-54(43)44-33-36(30-32-50(44)65-51)38-20-12-27-52-55(38)56-49(25-14-28-53(56)66-52)64-47-23-10-7-18-41(47)42-19-8-11-24-48(42)64/h3-34H,1-2H3. The highest BCUT2D eigenvalue weighted by molar-refractivity contribution is 6.19. The number of para-hydroxylation sites is 2. The van der Waals surface area contributed by atoms with Gasteiger partial charge in [0.2, 0.25) is 0 Å². The molecule has 14 rings (SSSR count). The Balaban J connectivity index is 0.969. The van der Waals surface area contributed by atoms with E-state index in [0.29, 0.717) is 17.5 Å². The van der Waals surface area contributed by atoms with Crippen LogP contribution >= 0.6 is 0 Å². The molecule has 0 radical (unpaired) electrons. The van der Waals surface area contributed by atoms with Crippen molar-refractivity contribution in [2.45, 2.75) is 19.3 Å². The van der Waals surface area contributed by atoms with Crippen LogP contribution in [0.25, 0.3) is 128 Å². The van der Waals surface area contributed by atoms with Gasteiger partial charge in [-0.1, -0.05) is 153 Å². The van der Waals surface area contributed by atoms with Crippen LogP contribution in [0.1, 0.15) is 25.0 Å². The molecule has 0 N–H and O–H groups in total. The Labute approximate surface area is 379 Å². The van der Waals surface area contributed by atoms with Gasteiger partial charge in [0.1, 0.15) is 22.3 Å². The minimum atomic E-state index is -0.168. The van der Waals surface area contributed by atoms with Gasteiger partial charge in [0.25, 0.3) is 0 Å². The summed E-state index contributed by atoms with van der Waals surface area (Å²) in [6.07, 6.45) is 0. The van der Waals surface area contributed by atoms with E-state index in [4.69, 9.17) is 23.8 Å². The smallest absolute Gasteiger partial charge is 0.164 e. The second-order valence-electron chi connectivity index (χ2n) is 17.9. The molecule has 0 saturated carbocycles. The molecule has 0 bridgehead atoms. The van der Waals surface area contributed by atoms with E-state index >= 15 is 0 Å². The van der Waals surface area contributed by atoms with Gasteiger partial charge in [-0.2, -0.15) is 0 Å². The number of benzene rings is 9. The van der Waals surface area contributed by atoms with Crippen molar-refractivity contribution in [3.8, 4) is 62.1 Å². The minimum absolute atomic E-state index is 0.168. The summed E-state index contributed by atoms with van der Waals surface area (Å²) >= 11 is 0. The molecular weight excluding hydrogens is 809 g/mol. The van der Waals surface area contributed by atoms with Crippen molar-refractivity contribution in [2.75, 3.05) is 0 Å². The first-order chi connectivity index (χ1) is 32.5. The molecule has 310 valence electrons. The van der Waals surface area contributed by atoms with Crippen LogP contribution in [0, 0.1) is 0 Å². The molecule has 0 saturated heterocycles. The summed E-state index contributed by atoms with van der Waals surface area (Å²) in [6, 6.07) is 68.2. The van der Waals surface area contributed by atoms with Crippen LogP contribution in [0.2, 0.25) is 0 Å². The quantitative estimate of drug-likeness (QED) is 0.173. The zero-order valence-corrected chi connectivity index (χ0v) is 36.1. The fourth-order valence-electron chi connectivity index (χ4n) is 10.8. The highest BCUT2D eigenvalue weighted by Gasteiger charge is 2.35. The van der Waals surface area contributed by atoms with Gasteiger partial charge in [-0.05, 0) is 88.0 Å². The van der Waals surface area contributed by atoms with E-state index in [1.54, 1.807) is 0 Å². The topological polar surface area (TPSA) is 69.9 Å². The molecule has 66 heavy (non-hydrogen) atoms. The zero-order chi connectivity index (χ0) is 43.7. The van der Waals surface area contributed by atoms with Gasteiger partial charge < -0.3 is 13.4 Å². The van der Waals surface area contributed by atoms with Crippen LogP contribution in [-0.4, -0.2) is 19.5 Å². The SMILES string of the molecule is CC1(C)c2ccccc2-c2ccc(-c3nc(-c4ccccc4)nc(-c4cccc5oc6ccc(-c7cccc8oc9cccc(-n%10c%11ccccc%11c%11ccccc%11%10)c9c78)cc6c45)n3)cc21. The van der Waals surface area contributed by atoms with Crippen LogP contribution in [0.3, 0.4) is 0 Å². The maximum atomic E-state index is 6.69. The van der Waals surface area contributed by atoms with Crippen LogP contribution in [0.5, 0.6) is 0 Å². The normalized spacial score (nSPS) is 13.1. The Morgan fingerprint density at radius 2 is 0.939 bits per heavy atom. The van der Waals surface area contributed by atoms with Crippen LogP contribution in [0.15, 0.2) is 203 Å². The predicted molar refractivity (Wildman–Crippen MR) is 268 cm³/mol. The molecule has 6 nitrogen and oxygen atoms in total. The van der Waals surface area contributed by atoms with E-state index in [-0.39, 0.29) is 5.41 Å². The van der Waals surface area contributed by atoms with E-state index in [2.05, 4.69) is 182 Å². The third-order valence-electron chi connectivity index (χ3n) is 13.9. The second-order valence-corrected chi connectivity index (χ2v) is 17.9. The lowest BCUT2D eigenvalue weighted by Gasteiger charge is -2.21. The zero-order valence-electron chi connectivity index (χ0n) is 36.1. The molecule has 1 aliphatic rings. The Kier molecular flexibility index (Phi) is 7.64. The Morgan fingerprint density at radius 3 is 1.73 bits per heavy atom. The molecular formula is C60H38N4O2. The summed E-state index contributed by atoms with van der Waals surface area (Å²) in [5.41, 5.74) is 16.4. The number of fused-ring (bicyclic) bond motifs is 12. The van der Waals surface area contributed by atoms with Crippen molar-refractivity contribution in [3.05, 3.63) is 205 Å². The molecule has 6 heteroatoms. The monoisotopic (exact) mass is 846 g/mol. The lowest BCUT2D eigenvalue weighted by Crippen LogP contribution is -2.15. The first kappa shape index (κ1) is 36.8.